The Kier molecular flexibility index (Phi) is 5.37. The van der Waals surface area contributed by atoms with Crippen molar-refractivity contribution < 1.29 is 19.4 Å². The molecule has 0 bridgehead atoms. The number of amides is 3. The van der Waals surface area contributed by atoms with Gasteiger partial charge in [0.05, 0.1) is 12.4 Å². The van der Waals surface area contributed by atoms with Crippen molar-refractivity contribution in [2.45, 2.75) is 31.4 Å². The van der Waals surface area contributed by atoms with Crippen LogP contribution in [-0.2, 0) is 9.53 Å². The van der Waals surface area contributed by atoms with Crippen molar-refractivity contribution >= 4 is 28.9 Å². The Balaban J connectivity index is 1.94. The zero-order valence-corrected chi connectivity index (χ0v) is 15.1. The molecule has 1 aliphatic rings. The molecular weight excluding hydrogens is 356 g/mol. The SMILES string of the molecule is CCNC(=O)N[C@H]1[C@@H](O)[C@H](n2cnc3c(NC)ncnc32)O[C@@H]1C(=O)NC. The fourth-order valence-electron chi connectivity index (χ4n) is 3.01. The molecule has 0 unspecified atom stereocenters. The van der Waals surface area contributed by atoms with Crippen LogP contribution in [0.5, 0.6) is 0 Å². The molecule has 4 atom stereocenters. The van der Waals surface area contributed by atoms with Crippen molar-refractivity contribution in [1.29, 1.82) is 0 Å². The number of carbonyl (C=O) groups excluding carboxylic acids is 2. The molecule has 5 N–H and O–H groups in total. The minimum absolute atomic E-state index is 0.402. The number of aliphatic hydroxyl groups is 1. The molecular formula is C15H22N8O4. The Hall–Kier alpha value is -2.99. The van der Waals surface area contributed by atoms with E-state index in [-0.39, 0.29) is 0 Å². The number of ether oxygens (including phenoxy) is 1. The molecule has 1 aliphatic heterocycles. The van der Waals surface area contributed by atoms with Gasteiger partial charge in [-0.15, -0.1) is 0 Å². The largest absolute Gasteiger partial charge is 0.386 e. The molecule has 12 heteroatoms. The highest BCUT2D eigenvalue weighted by Crippen LogP contribution is 2.32. The maximum absolute atomic E-state index is 12.2. The lowest BCUT2D eigenvalue weighted by Crippen LogP contribution is -2.54. The summed E-state index contributed by atoms with van der Waals surface area (Å²) in [4.78, 5) is 36.7. The van der Waals surface area contributed by atoms with Gasteiger partial charge in [0, 0.05) is 20.6 Å². The average molecular weight is 378 g/mol. The summed E-state index contributed by atoms with van der Waals surface area (Å²) >= 11 is 0. The van der Waals surface area contributed by atoms with Gasteiger partial charge < -0.3 is 31.1 Å². The van der Waals surface area contributed by atoms with E-state index in [0.29, 0.717) is 23.5 Å². The lowest BCUT2D eigenvalue weighted by atomic mass is 10.1. The molecule has 0 saturated carbocycles. The monoisotopic (exact) mass is 378 g/mol. The number of nitrogens with zero attached hydrogens (tertiary/aromatic N) is 4. The van der Waals surface area contributed by atoms with E-state index in [1.54, 1.807) is 14.0 Å². The van der Waals surface area contributed by atoms with Crippen LogP contribution in [0.2, 0.25) is 0 Å². The summed E-state index contributed by atoms with van der Waals surface area (Å²) in [6.45, 7) is 2.16. The molecule has 1 saturated heterocycles. The first-order chi connectivity index (χ1) is 13.0. The number of hydrogen-bond acceptors (Lipinski definition) is 8. The topological polar surface area (TPSA) is 155 Å². The Labute approximate surface area is 154 Å². The van der Waals surface area contributed by atoms with Gasteiger partial charge in [-0.25, -0.2) is 19.7 Å². The second-order valence-corrected chi connectivity index (χ2v) is 5.88. The van der Waals surface area contributed by atoms with Crippen LogP contribution in [0, 0.1) is 0 Å². The number of nitrogens with one attached hydrogen (secondary N) is 4. The first-order valence-corrected chi connectivity index (χ1v) is 8.46. The first-order valence-electron chi connectivity index (χ1n) is 8.46. The fraction of sp³-hybridized carbons (Fsp3) is 0.533. The van der Waals surface area contributed by atoms with Crippen molar-refractivity contribution in [2.24, 2.45) is 0 Å². The van der Waals surface area contributed by atoms with Gasteiger partial charge in [0.15, 0.2) is 23.8 Å². The number of aromatic nitrogens is 4. The third-order valence-electron chi connectivity index (χ3n) is 4.28. The predicted octanol–water partition coefficient (Wildman–Crippen LogP) is -1.44. The number of aliphatic hydroxyl groups excluding tert-OH is 1. The van der Waals surface area contributed by atoms with Crippen molar-refractivity contribution in [2.75, 3.05) is 26.0 Å². The van der Waals surface area contributed by atoms with Crippen molar-refractivity contribution in [3.8, 4) is 0 Å². The minimum Gasteiger partial charge on any atom is -0.386 e. The second kappa shape index (κ2) is 7.72. The highest BCUT2D eigenvalue weighted by atomic mass is 16.5. The molecule has 2 aromatic rings. The lowest BCUT2D eigenvalue weighted by molar-refractivity contribution is -0.134. The number of urea groups is 1. The highest BCUT2D eigenvalue weighted by Gasteiger charge is 2.49. The number of anilines is 1. The summed E-state index contributed by atoms with van der Waals surface area (Å²) in [6, 6.07) is -1.46. The van der Waals surface area contributed by atoms with E-state index in [0.717, 1.165) is 0 Å². The van der Waals surface area contributed by atoms with Crippen LogP contribution < -0.4 is 21.3 Å². The standard InChI is InChI=1S/C15H22N8O4/c1-4-18-15(26)22-7-9(24)14(27-10(7)13(25)17-3)23-6-21-8-11(16-2)19-5-20-12(8)23/h5-7,9-10,14,24H,4H2,1-3H3,(H,17,25)(H,16,19,20)(H2,18,22,26)/t7-,9+,10-,14+/m0/s1. The van der Waals surface area contributed by atoms with Crippen molar-refractivity contribution in [3.05, 3.63) is 12.7 Å². The number of likely N-dealkylation sites (N-methyl/N-ethyl adjacent to an activating group) is 1. The number of fused-ring (bicyclic) bond motifs is 1. The third-order valence-corrected chi connectivity index (χ3v) is 4.28. The Morgan fingerprint density at radius 3 is 2.74 bits per heavy atom. The number of hydrogen-bond donors (Lipinski definition) is 5. The molecule has 146 valence electrons. The molecule has 27 heavy (non-hydrogen) atoms. The van der Waals surface area contributed by atoms with E-state index in [1.807, 2.05) is 0 Å². The smallest absolute Gasteiger partial charge is 0.315 e. The molecule has 0 aromatic carbocycles. The predicted molar refractivity (Wildman–Crippen MR) is 94.8 cm³/mol. The van der Waals surface area contributed by atoms with E-state index >= 15 is 0 Å². The molecule has 0 radical (unpaired) electrons. The van der Waals surface area contributed by atoms with Crippen LogP contribution in [-0.4, -0.2) is 75.5 Å². The summed E-state index contributed by atoms with van der Waals surface area (Å²) in [5.41, 5.74) is 0.917. The minimum atomic E-state index is -1.21. The molecule has 3 amide bonds. The molecule has 3 rings (SSSR count). The maximum Gasteiger partial charge on any atom is 0.315 e. The van der Waals surface area contributed by atoms with Crippen LogP contribution in [0.25, 0.3) is 11.2 Å². The highest BCUT2D eigenvalue weighted by molar-refractivity contribution is 5.84. The Bertz CT molecular complexity index is 840. The van der Waals surface area contributed by atoms with Gasteiger partial charge >= 0.3 is 6.03 Å². The summed E-state index contributed by atoms with van der Waals surface area (Å²) < 4.78 is 7.29. The van der Waals surface area contributed by atoms with Crippen LogP contribution in [0.1, 0.15) is 13.2 Å². The zero-order chi connectivity index (χ0) is 19.6. The van der Waals surface area contributed by atoms with Crippen molar-refractivity contribution in [1.82, 2.24) is 35.5 Å². The molecule has 1 fully saturated rings. The second-order valence-electron chi connectivity index (χ2n) is 5.88. The summed E-state index contributed by atoms with van der Waals surface area (Å²) in [6.07, 6.45) is -0.456. The summed E-state index contributed by atoms with van der Waals surface area (Å²) in [7, 11) is 3.16. The number of rotatable bonds is 5. The van der Waals surface area contributed by atoms with Crippen LogP contribution >= 0.6 is 0 Å². The zero-order valence-electron chi connectivity index (χ0n) is 15.1. The van der Waals surface area contributed by atoms with Crippen LogP contribution in [0.15, 0.2) is 12.7 Å². The number of imidazole rings is 1. The van der Waals surface area contributed by atoms with E-state index in [2.05, 4.69) is 36.2 Å². The van der Waals surface area contributed by atoms with E-state index < -0.39 is 36.4 Å². The first kappa shape index (κ1) is 18.8. The van der Waals surface area contributed by atoms with Gasteiger partial charge in [0.1, 0.15) is 17.9 Å². The van der Waals surface area contributed by atoms with E-state index in [4.69, 9.17) is 4.74 Å². The molecule has 2 aromatic heterocycles. The summed E-state index contributed by atoms with van der Waals surface area (Å²) in [5.74, 6) is 0.0550. The fourth-order valence-corrected chi connectivity index (χ4v) is 3.01. The summed E-state index contributed by atoms with van der Waals surface area (Å²) in [5, 5.41) is 21.3. The number of carbonyl (C=O) groups is 2. The molecule has 0 spiro atoms. The maximum atomic E-state index is 12.2. The van der Waals surface area contributed by atoms with Gasteiger partial charge in [-0.3, -0.25) is 9.36 Å². The van der Waals surface area contributed by atoms with Gasteiger partial charge in [-0.1, -0.05) is 0 Å². The quantitative estimate of drug-likeness (QED) is 0.424. The van der Waals surface area contributed by atoms with Crippen LogP contribution in [0.4, 0.5) is 10.6 Å². The third kappa shape index (κ3) is 3.36. The Morgan fingerprint density at radius 2 is 2.07 bits per heavy atom. The van der Waals surface area contributed by atoms with Gasteiger partial charge in [-0.2, -0.15) is 0 Å². The molecule has 3 heterocycles. The van der Waals surface area contributed by atoms with Crippen LogP contribution in [0.3, 0.4) is 0 Å². The van der Waals surface area contributed by atoms with E-state index in [9.17, 15) is 14.7 Å². The van der Waals surface area contributed by atoms with Crippen molar-refractivity contribution in [3.63, 3.8) is 0 Å². The molecule has 12 nitrogen and oxygen atoms in total. The van der Waals surface area contributed by atoms with Gasteiger partial charge in [0.25, 0.3) is 5.91 Å². The normalized spacial score (nSPS) is 24.6. The lowest BCUT2D eigenvalue weighted by Gasteiger charge is -2.21. The molecule has 0 aliphatic carbocycles. The average Bonchev–Trinajstić information content (AvgIpc) is 3.23. The van der Waals surface area contributed by atoms with Gasteiger partial charge in [0.2, 0.25) is 0 Å². The van der Waals surface area contributed by atoms with Gasteiger partial charge in [-0.05, 0) is 6.92 Å². The Morgan fingerprint density at radius 1 is 1.30 bits per heavy atom. The van der Waals surface area contributed by atoms with E-state index in [1.165, 1.54) is 24.3 Å².